The fourth-order valence-electron chi connectivity index (χ4n) is 3.26. The van der Waals surface area contributed by atoms with Gasteiger partial charge in [-0.1, -0.05) is 30.3 Å². The summed E-state index contributed by atoms with van der Waals surface area (Å²) in [5.41, 5.74) is 4.41. The lowest BCUT2D eigenvalue weighted by Gasteiger charge is -2.17. The Morgan fingerprint density at radius 1 is 1.13 bits per heavy atom. The number of fused-ring (bicyclic) bond motifs is 2. The Labute approximate surface area is 135 Å². The second-order valence-corrected chi connectivity index (χ2v) is 5.98. The predicted octanol–water partition coefficient (Wildman–Crippen LogP) is 3.47. The summed E-state index contributed by atoms with van der Waals surface area (Å²) in [5, 5.41) is 0. The van der Waals surface area contributed by atoms with E-state index >= 15 is 0 Å². The van der Waals surface area contributed by atoms with Gasteiger partial charge in [0, 0.05) is 25.1 Å². The van der Waals surface area contributed by atoms with Crippen molar-refractivity contribution >= 4 is 22.6 Å². The number of carbonyl (C=O) groups is 1. The summed E-state index contributed by atoms with van der Waals surface area (Å²) >= 11 is 0. The number of aromatic nitrogens is 2. The van der Waals surface area contributed by atoms with Crippen molar-refractivity contribution in [3.8, 4) is 0 Å². The molecule has 1 amide bonds. The number of benzene rings is 2. The highest BCUT2D eigenvalue weighted by atomic mass is 16.2. The van der Waals surface area contributed by atoms with E-state index in [1.54, 1.807) is 0 Å². The average Bonchev–Trinajstić information content (AvgIpc) is 3.18. The third-order valence-corrected chi connectivity index (χ3v) is 4.43. The lowest BCUT2D eigenvalue weighted by atomic mass is 10.2. The van der Waals surface area contributed by atoms with Crippen molar-refractivity contribution < 1.29 is 4.79 Å². The highest BCUT2D eigenvalue weighted by Gasteiger charge is 2.23. The van der Waals surface area contributed by atoms with Crippen LogP contribution in [0, 0.1) is 0 Å². The van der Waals surface area contributed by atoms with Gasteiger partial charge in [0.15, 0.2) is 0 Å². The summed E-state index contributed by atoms with van der Waals surface area (Å²) < 4.78 is 0. The molecule has 0 spiro atoms. The lowest BCUT2D eigenvalue weighted by Crippen LogP contribution is -2.28. The SMILES string of the molecule is O=C(CCCc1nc2ccccc2[nH]1)N1CCc2ccccc21. The number of anilines is 1. The van der Waals surface area contributed by atoms with Gasteiger partial charge in [0.25, 0.3) is 0 Å². The number of aromatic amines is 1. The first-order valence-corrected chi connectivity index (χ1v) is 8.13. The molecule has 0 bridgehead atoms. The summed E-state index contributed by atoms with van der Waals surface area (Å²) in [5.74, 6) is 1.17. The molecule has 0 saturated heterocycles. The molecule has 1 aliphatic heterocycles. The smallest absolute Gasteiger partial charge is 0.227 e. The van der Waals surface area contributed by atoms with Crippen LogP contribution in [0.1, 0.15) is 24.2 Å². The number of hydrogen-bond acceptors (Lipinski definition) is 2. The first-order valence-electron chi connectivity index (χ1n) is 8.13. The molecule has 4 heteroatoms. The van der Waals surface area contributed by atoms with E-state index in [1.807, 2.05) is 47.4 Å². The van der Waals surface area contributed by atoms with Gasteiger partial charge in [-0.15, -0.1) is 0 Å². The summed E-state index contributed by atoms with van der Waals surface area (Å²) in [6.45, 7) is 0.808. The number of nitrogens with zero attached hydrogens (tertiary/aromatic N) is 2. The number of H-pyrrole nitrogens is 1. The Morgan fingerprint density at radius 2 is 1.96 bits per heavy atom. The van der Waals surface area contributed by atoms with Crippen LogP contribution in [0.5, 0.6) is 0 Å². The number of rotatable bonds is 4. The zero-order valence-corrected chi connectivity index (χ0v) is 13.0. The standard InChI is InChI=1S/C19H19N3O/c23-19(22-13-12-14-6-1-4-9-17(14)22)11-5-10-18-20-15-7-2-3-8-16(15)21-18/h1-4,6-9H,5,10-13H2,(H,20,21). The summed E-state index contributed by atoms with van der Waals surface area (Å²) in [4.78, 5) is 22.3. The summed E-state index contributed by atoms with van der Waals surface area (Å²) in [6, 6.07) is 16.2. The van der Waals surface area contributed by atoms with Crippen LogP contribution in [0.15, 0.2) is 48.5 Å². The summed E-state index contributed by atoms with van der Waals surface area (Å²) in [7, 11) is 0. The Balaban J connectivity index is 1.37. The molecule has 0 aliphatic carbocycles. The van der Waals surface area contributed by atoms with E-state index in [2.05, 4.69) is 16.0 Å². The van der Waals surface area contributed by atoms with E-state index in [4.69, 9.17) is 0 Å². The maximum Gasteiger partial charge on any atom is 0.227 e. The van der Waals surface area contributed by atoms with Crippen molar-refractivity contribution in [2.45, 2.75) is 25.7 Å². The van der Waals surface area contributed by atoms with E-state index in [9.17, 15) is 4.79 Å². The number of nitrogens with one attached hydrogen (secondary N) is 1. The normalized spacial score (nSPS) is 13.5. The Kier molecular flexibility index (Phi) is 3.58. The zero-order chi connectivity index (χ0) is 15.6. The van der Waals surface area contributed by atoms with Gasteiger partial charge in [0.2, 0.25) is 5.91 Å². The van der Waals surface area contributed by atoms with Crippen molar-refractivity contribution in [2.24, 2.45) is 0 Å². The number of hydrogen-bond donors (Lipinski definition) is 1. The average molecular weight is 305 g/mol. The van der Waals surface area contributed by atoms with E-state index in [-0.39, 0.29) is 5.91 Å². The molecule has 1 aromatic heterocycles. The highest BCUT2D eigenvalue weighted by molar-refractivity contribution is 5.95. The van der Waals surface area contributed by atoms with E-state index in [1.165, 1.54) is 5.56 Å². The fraction of sp³-hybridized carbons (Fsp3) is 0.263. The molecular formula is C19H19N3O. The first-order chi connectivity index (χ1) is 11.3. The van der Waals surface area contributed by atoms with Crippen molar-refractivity contribution in [1.82, 2.24) is 9.97 Å². The van der Waals surface area contributed by atoms with Crippen LogP contribution in [-0.4, -0.2) is 22.4 Å². The van der Waals surface area contributed by atoms with Gasteiger partial charge >= 0.3 is 0 Å². The molecule has 1 aliphatic rings. The molecule has 23 heavy (non-hydrogen) atoms. The molecule has 0 atom stereocenters. The van der Waals surface area contributed by atoms with Gasteiger partial charge in [-0.3, -0.25) is 4.79 Å². The van der Waals surface area contributed by atoms with Crippen LogP contribution in [0.3, 0.4) is 0 Å². The van der Waals surface area contributed by atoms with E-state index in [0.717, 1.165) is 48.4 Å². The van der Waals surface area contributed by atoms with Crippen LogP contribution in [0.4, 0.5) is 5.69 Å². The molecule has 0 radical (unpaired) electrons. The van der Waals surface area contributed by atoms with Crippen LogP contribution < -0.4 is 4.90 Å². The van der Waals surface area contributed by atoms with Crippen LogP contribution >= 0.6 is 0 Å². The summed E-state index contributed by atoms with van der Waals surface area (Å²) in [6.07, 6.45) is 3.14. The molecule has 2 heterocycles. The number of amides is 1. The Bertz CT molecular complexity index is 819. The minimum absolute atomic E-state index is 0.214. The van der Waals surface area contributed by atoms with Gasteiger partial charge in [0.05, 0.1) is 11.0 Å². The van der Waals surface area contributed by atoms with Crippen molar-refractivity contribution in [3.63, 3.8) is 0 Å². The predicted molar refractivity (Wildman–Crippen MR) is 91.5 cm³/mol. The number of para-hydroxylation sites is 3. The maximum absolute atomic E-state index is 12.5. The van der Waals surface area contributed by atoms with Gasteiger partial charge in [0.1, 0.15) is 5.82 Å². The zero-order valence-electron chi connectivity index (χ0n) is 13.0. The second-order valence-electron chi connectivity index (χ2n) is 5.98. The third-order valence-electron chi connectivity index (χ3n) is 4.43. The Morgan fingerprint density at radius 3 is 2.87 bits per heavy atom. The van der Waals surface area contributed by atoms with Gasteiger partial charge in [-0.25, -0.2) is 4.98 Å². The van der Waals surface area contributed by atoms with E-state index < -0.39 is 0 Å². The molecule has 2 aromatic carbocycles. The van der Waals surface area contributed by atoms with Gasteiger partial charge < -0.3 is 9.88 Å². The van der Waals surface area contributed by atoms with Crippen molar-refractivity contribution in [3.05, 3.63) is 59.9 Å². The molecule has 4 rings (SSSR count). The van der Waals surface area contributed by atoms with Crippen LogP contribution in [0.25, 0.3) is 11.0 Å². The molecule has 0 saturated carbocycles. The molecule has 0 fully saturated rings. The molecular weight excluding hydrogens is 286 g/mol. The minimum Gasteiger partial charge on any atom is -0.342 e. The molecule has 0 unspecified atom stereocenters. The van der Waals surface area contributed by atoms with Crippen LogP contribution in [0.2, 0.25) is 0 Å². The largest absolute Gasteiger partial charge is 0.342 e. The monoisotopic (exact) mass is 305 g/mol. The number of aryl methyl sites for hydroxylation is 1. The molecule has 1 N–H and O–H groups in total. The minimum atomic E-state index is 0.214. The highest BCUT2D eigenvalue weighted by Crippen LogP contribution is 2.28. The topological polar surface area (TPSA) is 49.0 Å². The lowest BCUT2D eigenvalue weighted by molar-refractivity contribution is -0.118. The van der Waals surface area contributed by atoms with Crippen molar-refractivity contribution in [2.75, 3.05) is 11.4 Å². The number of imidazole rings is 1. The maximum atomic E-state index is 12.5. The van der Waals surface area contributed by atoms with Gasteiger partial charge in [-0.05, 0) is 36.6 Å². The molecule has 116 valence electrons. The first kappa shape index (κ1) is 14.0. The van der Waals surface area contributed by atoms with Crippen molar-refractivity contribution in [1.29, 1.82) is 0 Å². The van der Waals surface area contributed by atoms with E-state index in [0.29, 0.717) is 6.42 Å². The Hall–Kier alpha value is -2.62. The number of carbonyl (C=O) groups excluding carboxylic acids is 1. The third kappa shape index (κ3) is 2.72. The van der Waals surface area contributed by atoms with Crippen LogP contribution in [-0.2, 0) is 17.6 Å². The fourth-order valence-corrected chi connectivity index (χ4v) is 3.26. The second kappa shape index (κ2) is 5.88. The van der Waals surface area contributed by atoms with Gasteiger partial charge in [-0.2, -0.15) is 0 Å². The molecule has 4 nitrogen and oxygen atoms in total. The quantitative estimate of drug-likeness (QED) is 0.802. The molecule has 3 aromatic rings.